The fourth-order valence-electron chi connectivity index (χ4n) is 5.15. The van der Waals surface area contributed by atoms with E-state index in [9.17, 15) is 4.79 Å². The highest BCUT2D eigenvalue weighted by molar-refractivity contribution is 6.41. The highest BCUT2D eigenvalue weighted by Gasteiger charge is 2.53. The fraction of sp³-hybridized carbons (Fsp3) is 0.346. The average Bonchev–Trinajstić information content (AvgIpc) is 3.56. The van der Waals surface area contributed by atoms with Crippen LogP contribution in [0.15, 0.2) is 43.1 Å². The van der Waals surface area contributed by atoms with E-state index in [1.807, 2.05) is 18.2 Å². The molecule has 2 aliphatic rings. The van der Waals surface area contributed by atoms with E-state index in [0.29, 0.717) is 51.4 Å². The quantitative estimate of drug-likeness (QED) is 0.395. The lowest BCUT2D eigenvalue weighted by atomic mass is 9.98. The van der Waals surface area contributed by atoms with Crippen LogP contribution in [0.4, 0.5) is 5.95 Å². The van der Waals surface area contributed by atoms with Crippen molar-refractivity contribution in [2.75, 3.05) is 26.1 Å². The molecule has 0 aliphatic heterocycles. The van der Waals surface area contributed by atoms with E-state index < -0.39 is 0 Å². The summed E-state index contributed by atoms with van der Waals surface area (Å²) in [6.45, 7) is 4.15. The summed E-state index contributed by atoms with van der Waals surface area (Å²) in [5, 5.41) is 8.14. The monoisotopic (exact) mass is 512 g/mol. The molecule has 2 aliphatic carbocycles. The molecule has 7 nitrogen and oxygen atoms in total. The molecule has 2 saturated carbocycles. The molecule has 4 atom stereocenters. The van der Waals surface area contributed by atoms with E-state index in [0.717, 1.165) is 28.8 Å². The molecule has 35 heavy (non-hydrogen) atoms. The van der Waals surface area contributed by atoms with Crippen LogP contribution in [0, 0.1) is 17.8 Å². The number of fused-ring (bicyclic) bond motifs is 2. The van der Waals surface area contributed by atoms with Gasteiger partial charge < -0.3 is 20.1 Å². The Balaban J connectivity index is 1.40. The van der Waals surface area contributed by atoms with E-state index in [1.54, 1.807) is 26.5 Å². The smallest absolute Gasteiger partial charge is 0.243 e. The molecule has 1 amide bonds. The lowest BCUT2D eigenvalue weighted by Gasteiger charge is -2.24. The SMILES string of the molecule is C=CC(=O)NC[C@H]1C[C@@H]2C[C@@H]2[C@H]1Nc1ncc2cc(-c3c(Cl)c(OC)cc(OC)c3Cl)ccc2n1. The van der Waals surface area contributed by atoms with Gasteiger partial charge in [-0.15, -0.1) is 0 Å². The minimum atomic E-state index is -0.143. The zero-order chi connectivity index (χ0) is 24.7. The number of nitrogens with zero attached hydrogens (tertiary/aromatic N) is 2. The van der Waals surface area contributed by atoms with Crippen molar-refractivity contribution in [1.82, 2.24) is 15.3 Å². The summed E-state index contributed by atoms with van der Waals surface area (Å²) in [6.07, 6.45) is 5.41. The first kappa shape index (κ1) is 23.7. The second kappa shape index (κ2) is 9.55. The van der Waals surface area contributed by atoms with Crippen molar-refractivity contribution in [3.8, 4) is 22.6 Å². The van der Waals surface area contributed by atoms with Gasteiger partial charge in [-0.05, 0) is 54.4 Å². The molecular weight excluding hydrogens is 487 g/mol. The lowest BCUT2D eigenvalue weighted by molar-refractivity contribution is -0.116. The normalized spacial score (nSPS) is 22.4. The van der Waals surface area contributed by atoms with Crippen molar-refractivity contribution < 1.29 is 14.3 Å². The van der Waals surface area contributed by atoms with Gasteiger partial charge in [0.25, 0.3) is 0 Å². The number of nitrogens with one attached hydrogen (secondary N) is 2. The van der Waals surface area contributed by atoms with E-state index >= 15 is 0 Å². The molecular formula is C26H26Cl2N4O3. The number of carbonyl (C=O) groups is 1. The molecule has 0 radical (unpaired) electrons. The zero-order valence-electron chi connectivity index (χ0n) is 19.5. The van der Waals surface area contributed by atoms with Crippen LogP contribution in [-0.2, 0) is 4.79 Å². The maximum absolute atomic E-state index is 11.6. The van der Waals surface area contributed by atoms with E-state index in [1.165, 1.54) is 12.5 Å². The largest absolute Gasteiger partial charge is 0.495 e. The Morgan fingerprint density at radius 3 is 2.60 bits per heavy atom. The number of methoxy groups -OCH3 is 2. The highest BCUT2D eigenvalue weighted by atomic mass is 35.5. The van der Waals surface area contributed by atoms with E-state index in [-0.39, 0.29) is 11.9 Å². The van der Waals surface area contributed by atoms with Crippen LogP contribution in [0.5, 0.6) is 11.5 Å². The first-order valence-corrected chi connectivity index (χ1v) is 12.2. The average molecular weight is 513 g/mol. The Morgan fingerprint density at radius 1 is 1.17 bits per heavy atom. The number of rotatable bonds is 8. The summed E-state index contributed by atoms with van der Waals surface area (Å²) in [7, 11) is 3.10. The standard InChI is InChI=1S/C26H26Cl2N4O3/c1-4-21(33)29-12-16-8-14-9-17(14)25(16)32-26-30-11-15-7-13(5-6-18(15)31-26)22-23(27)19(34-2)10-20(35-3)24(22)28/h4-7,10-11,14,16-17,25H,1,8-9,12H2,2-3H3,(H,29,33)(H,30,31,32)/t14-,16-,17+,25+/m1/s1. The summed E-state index contributed by atoms with van der Waals surface area (Å²) in [4.78, 5) is 20.9. The Morgan fingerprint density at radius 2 is 1.91 bits per heavy atom. The molecule has 5 rings (SSSR count). The van der Waals surface area contributed by atoms with Gasteiger partial charge >= 0.3 is 0 Å². The third-order valence-corrected chi connectivity index (χ3v) is 7.76. The number of ether oxygens (including phenoxy) is 2. The van der Waals surface area contributed by atoms with E-state index in [4.69, 9.17) is 37.7 Å². The number of hydrogen-bond acceptors (Lipinski definition) is 6. The number of anilines is 1. The summed E-state index contributed by atoms with van der Waals surface area (Å²) < 4.78 is 10.8. The molecule has 182 valence electrons. The van der Waals surface area contributed by atoms with Gasteiger partial charge in [-0.25, -0.2) is 9.97 Å². The van der Waals surface area contributed by atoms with Crippen LogP contribution in [0.1, 0.15) is 12.8 Å². The Kier molecular flexibility index (Phi) is 6.47. The second-order valence-electron chi connectivity index (χ2n) is 9.03. The highest BCUT2D eigenvalue weighted by Crippen LogP contribution is 2.55. The van der Waals surface area contributed by atoms with Crippen molar-refractivity contribution in [1.29, 1.82) is 0 Å². The van der Waals surface area contributed by atoms with Gasteiger partial charge in [0, 0.05) is 35.8 Å². The molecule has 0 bridgehead atoms. The topological polar surface area (TPSA) is 85.4 Å². The number of halogens is 2. The maximum Gasteiger partial charge on any atom is 0.243 e. The Bertz CT molecular complexity index is 1290. The van der Waals surface area contributed by atoms with Gasteiger partial charge in [-0.2, -0.15) is 0 Å². The van der Waals surface area contributed by atoms with Crippen molar-refractivity contribution in [3.63, 3.8) is 0 Å². The van der Waals surface area contributed by atoms with Crippen molar-refractivity contribution in [2.24, 2.45) is 17.8 Å². The van der Waals surface area contributed by atoms with Crippen LogP contribution in [-0.4, -0.2) is 42.7 Å². The minimum Gasteiger partial charge on any atom is -0.495 e. The van der Waals surface area contributed by atoms with Crippen LogP contribution >= 0.6 is 23.2 Å². The summed E-state index contributed by atoms with van der Waals surface area (Å²) in [5.74, 6) is 3.07. The predicted molar refractivity (Wildman–Crippen MR) is 138 cm³/mol. The Hall–Kier alpha value is -3.03. The number of carbonyl (C=O) groups excluding carboxylic acids is 1. The number of amides is 1. The van der Waals surface area contributed by atoms with E-state index in [2.05, 4.69) is 22.2 Å². The van der Waals surface area contributed by atoms with Gasteiger partial charge in [0.1, 0.15) is 11.5 Å². The second-order valence-corrected chi connectivity index (χ2v) is 9.78. The molecule has 2 N–H and O–H groups in total. The van der Waals surface area contributed by atoms with Crippen molar-refractivity contribution in [3.05, 3.63) is 53.2 Å². The first-order valence-electron chi connectivity index (χ1n) is 11.5. The third kappa shape index (κ3) is 4.50. The molecule has 0 unspecified atom stereocenters. The van der Waals surface area contributed by atoms with Crippen LogP contribution in [0.2, 0.25) is 10.0 Å². The van der Waals surface area contributed by atoms with Gasteiger partial charge in [0.2, 0.25) is 11.9 Å². The summed E-state index contributed by atoms with van der Waals surface area (Å²) >= 11 is 13.2. The molecule has 3 aromatic rings. The maximum atomic E-state index is 11.6. The zero-order valence-corrected chi connectivity index (χ0v) is 21.0. The number of hydrogen-bond donors (Lipinski definition) is 2. The predicted octanol–water partition coefficient (Wildman–Crippen LogP) is 5.36. The van der Waals surface area contributed by atoms with Crippen molar-refractivity contribution >= 4 is 46.0 Å². The summed E-state index contributed by atoms with van der Waals surface area (Å²) in [6, 6.07) is 7.70. The van der Waals surface area contributed by atoms with Gasteiger partial charge in [0.15, 0.2) is 0 Å². The van der Waals surface area contributed by atoms with Crippen molar-refractivity contribution in [2.45, 2.75) is 18.9 Å². The molecule has 9 heteroatoms. The van der Waals surface area contributed by atoms with Crippen LogP contribution in [0.25, 0.3) is 22.0 Å². The van der Waals surface area contributed by atoms with Gasteiger partial charge in [-0.3, -0.25) is 4.79 Å². The minimum absolute atomic E-state index is 0.143. The Labute approximate surface area is 213 Å². The number of benzene rings is 2. The lowest BCUT2D eigenvalue weighted by Crippen LogP contribution is -2.37. The molecule has 0 saturated heterocycles. The van der Waals surface area contributed by atoms with Gasteiger partial charge in [0.05, 0.1) is 29.8 Å². The molecule has 2 aromatic carbocycles. The fourth-order valence-corrected chi connectivity index (χ4v) is 5.87. The molecule has 1 heterocycles. The third-order valence-electron chi connectivity index (χ3n) is 7.01. The number of aromatic nitrogens is 2. The molecule has 1 aromatic heterocycles. The van der Waals surface area contributed by atoms with Crippen LogP contribution < -0.4 is 20.1 Å². The molecule has 0 spiro atoms. The van der Waals surface area contributed by atoms with Crippen LogP contribution in [0.3, 0.4) is 0 Å². The molecule has 2 fully saturated rings. The summed E-state index contributed by atoms with van der Waals surface area (Å²) in [5.41, 5.74) is 2.24. The first-order chi connectivity index (χ1) is 16.9. The van der Waals surface area contributed by atoms with Gasteiger partial charge in [-0.1, -0.05) is 35.8 Å².